The number of aromatic nitrogens is 1. The summed E-state index contributed by atoms with van der Waals surface area (Å²) in [4.78, 5) is 12.0. The van der Waals surface area contributed by atoms with Crippen molar-refractivity contribution in [1.82, 2.24) is 4.57 Å². The number of pyridine rings is 1. The molecule has 2 aromatic rings. The van der Waals surface area contributed by atoms with Crippen LogP contribution < -0.4 is 10.2 Å². The van der Waals surface area contributed by atoms with E-state index in [9.17, 15) is 4.79 Å². The molecule has 0 bridgehead atoms. The highest BCUT2D eigenvalue weighted by Crippen LogP contribution is 2.18. The van der Waals surface area contributed by atoms with Crippen LogP contribution in [0.5, 0.6) is 5.75 Å². The number of halogens is 1. The van der Waals surface area contributed by atoms with E-state index in [1.54, 1.807) is 19.4 Å². The lowest BCUT2D eigenvalue weighted by atomic mass is 10.1. The maximum absolute atomic E-state index is 12.0. The first-order valence-electron chi connectivity index (χ1n) is 4.89. The van der Waals surface area contributed by atoms with Gasteiger partial charge in [-0.25, -0.2) is 0 Å². The van der Waals surface area contributed by atoms with Crippen LogP contribution >= 0.6 is 11.6 Å². The van der Waals surface area contributed by atoms with Crippen molar-refractivity contribution in [2.45, 2.75) is 5.88 Å². The second-order valence-corrected chi connectivity index (χ2v) is 3.88. The standard InChI is InChI=1S/C12H12ClNO2/c1-14-7-8(6-13)12(15)10-5-9(16-2)3-4-11(10)14/h3-5,7H,6H2,1-2H3. The van der Waals surface area contributed by atoms with Gasteiger partial charge < -0.3 is 9.30 Å². The number of rotatable bonds is 2. The fourth-order valence-corrected chi connectivity index (χ4v) is 1.95. The molecule has 0 atom stereocenters. The molecule has 0 aliphatic carbocycles. The number of hydrogen-bond donors (Lipinski definition) is 0. The molecule has 0 spiro atoms. The number of methoxy groups -OCH3 is 1. The van der Waals surface area contributed by atoms with Crippen molar-refractivity contribution in [3.63, 3.8) is 0 Å². The van der Waals surface area contributed by atoms with Gasteiger partial charge in [0.05, 0.1) is 18.5 Å². The molecule has 3 nitrogen and oxygen atoms in total. The Bertz CT molecular complexity index is 589. The van der Waals surface area contributed by atoms with Crippen LogP contribution in [-0.4, -0.2) is 11.7 Å². The molecule has 0 saturated carbocycles. The zero-order valence-electron chi connectivity index (χ0n) is 9.16. The van der Waals surface area contributed by atoms with Crippen LogP contribution in [0.2, 0.25) is 0 Å². The smallest absolute Gasteiger partial charge is 0.193 e. The number of nitrogens with zero attached hydrogens (tertiary/aromatic N) is 1. The van der Waals surface area contributed by atoms with Crippen LogP contribution in [-0.2, 0) is 12.9 Å². The lowest BCUT2D eigenvalue weighted by Gasteiger charge is -2.08. The minimum atomic E-state index is -0.0259. The number of alkyl halides is 1. The van der Waals surface area contributed by atoms with E-state index in [4.69, 9.17) is 16.3 Å². The Kier molecular flexibility index (Phi) is 2.88. The molecule has 16 heavy (non-hydrogen) atoms. The lowest BCUT2D eigenvalue weighted by molar-refractivity contribution is 0.415. The molecule has 4 heteroatoms. The van der Waals surface area contributed by atoms with E-state index in [1.807, 2.05) is 23.7 Å². The van der Waals surface area contributed by atoms with E-state index in [0.717, 1.165) is 5.52 Å². The molecule has 2 rings (SSSR count). The maximum atomic E-state index is 12.0. The predicted octanol–water partition coefficient (Wildman–Crippen LogP) is 2.29. The van der Waals surface area contributed by atoms with Gasteiger partial charge in [0.1, 0.15) is 5.75 Å². The molecule has 0 aliphatic rings. The van der Waals surface area contributed by atoms with Crippen LogP contribution in [0.3, 0.4) is 0 Å². The summed E-state index contributed by atoms with van der Waals surface area (Å²) in [6.07, 6.45) is 1.77. The van der Waals surface area contributed by atoms with E-state index in [-0.39, 0.29) is 11.3 Å². The summed E-state index contributed by atoms with van der Waals surface area (Å²) < 4.78 is 7.01. The van der Waals surface area contributed by atoms with Crippen LogP contribution in [0.1, 0.15) is 5.56 Å². The molecule has 1 aromatic carbocycles. The van der Waals surface area contributed by atoms with E-state index in [1.165, 1.54) is 0 Å². The van der Waals surface area contributed by atoms with Crippen molar-refractivity contribution in [2.75, 3.05) is 7.11 Å². The highest BCUT2D eigenvalue weighted by atomic mass is 35.5. The van der Waals surface area contributed by atoms with E-state index >= 15 is 0 Å². The average molecular weight is 238 g/mol. The molecular weight excluding hydrogens is 226 g/mol. The molecule has 0 aliphatic heterocycles. The van der Waals surface area contributed by atoms with Crippen molar-refractivity contribution < 1.29 is 4.74 Å². The van der Waals surface area contributed by atoms with Gasteiger partial charge in [-0.1, -0.05) is 0 Å². The van der Waals surface area contributed by atoms with Crippen LogP contribution in [0.15, 0.2) is 29.2 Å². The first-order chi connectivity index (χ1) is 7.67. The van der Waals surface area contributed by atoms with Gasteiger partial charge in [-0.2, -0.15) is 0 Å². The molecule has 0 amide bonds. The molecule has 0 radical (unpaired) electrons. The Labute approximate surface area is 98.2 Å². The second-order valence-electron chi connectivity index (χ2n) is 3.61. The van der Waals surface area contributed by atoms with E-state index in [0.29, 0.717) is 16.7 Å². The fraction of sp³-hybridized carbons (Fsp3) is 0.250. The van der Waals surface area contributed by atoms with Gasteiger partial charge in [0.2, 0.25) is 0 Å². The zero-order chi connectivity index (χ0) is 11.7. The maximum Gasteiger partial charge on any atom is 0.193 e. The van der Waals surface area contributed by atoms with E-state index < -0.39 is 0 Å². The third-order valence-corrected chi connectivity index (χ3v) is 2.90. The Hall–Kier alpha value is -1.48. The van der Waals surface area contributed by atoms with Gasteiger partial charge in [-0.3, -0.25) is 4.79 Å². The third kappa shape index (κ3) is 1.67. The van der Waals surface area contributed by atoms with Crippen molar-refractivity contribution in [3.05, 3.63) is 40.2 Å². The summed E-state index contributed by atoms with van der Waals surface area (Å²) in [6.45, 7) is 0. The summed E-state index contributed by atoms with van der Waals surface area (Å²) in [5.41, 5.74) is 1.45. The van der Waals surface area contributed by atoms with Gasteiger partial charge in [-0.05, 0) is 18.2 Å². The SMILES string of the molecule is COc1ccc2c(c1)c(=O)c(CCl)cn2C. The molecule has 1 heterocycles. The van der Waals surface area contributed by atoms with Crippen molar-refractivity contribution >= 4 is 22.5 Å². The number of fused-ring (bicyclic) bond motifs is 1. The zero-order valence-corrected chi connectivity index (χ0v) is 9.91. The Morgan fingerprint density at radius 2 is 2.19 bits per heavy atom. The molecular formula is C12H12ClNO2. The quantitative estimate of drug-likeness (QED) is 0.751. The lowest BCUT2D eigenvalue weighted by Crippen LogP contribution is -2.12. The molecule has 0 N–H and O–H groups in total. The molecule has 0 unspecified atom stereocenters. The van der Waals surface area contributed by atoms with Gasteiger partial charge in [0.25, 0.3) is 0 Å². The summed E-state index contributed by atoms with van der Waals surface area (Å²) >= 11 is 5.73. The number of benzene rings is 1. The van der Waals surface area contributed by atoms with Gasteiger partial charge in [-0.15, -0.1) is 11.6 Å². The average Bonchev–Trinajstić information content (AvgIpc) is 2.33. The Balaban J connectivity index is 2.86. The minimum Gasteiger partial charge on any atom is -0.497 e. The van der Waals surface area contributed by atoms with Crippen LogP contribution in [0.25, 0.3) is 10.9 Å². The van der Waals surface area contributed by atoms with Crippen molar-refractivity contribution in [1.29, 1.82) is 0 Å². The largest absolute Gasteiger partial charge is 0.497 e. The first-order valence-corrected chi connectivity index (χ1v) is 5.43. The second kappa shape index (κ2) is 4.18. The molecule has 1 aromatic heterocycles. The predicted molar refractivity (Wildman–Crippen MR) is 65.3 cm³/mol. The minimum absolute atomic E-state index is 0.0259. The highest BCUT2D eigenvalue weighted by molar-refractivity contribution is 6.17. The summed E-state index contributed by atoms with van der Waals surface area (Å²) in [6, 6.07) is 5.45. The van der Waals surface area contributed by atoms with Crippen LogP contribution in [0.4, 0.5) is 0 Å². The van der Waals surface area contributed by atoms with Gasteiger partial charge >= 0.3 is 0 Å². The number of aryl methyl sites for hydroxylation is 1. The van der Waals surface area contributed by atoms with Gasteiger partial charge in [0, 0.05) is 24.2 Å². The third-order valence-electron chi connectivity index (χ3n) is 2.61. The van der Waals surface area contributed by atoms with Crippen molar-refractivity contribution in [2.24, 2.45) is 7.05 Å². The normalized spacial score (nSPS) is 10.7. The Morgan fingerprint density at radius 1 is 1.44 bits per heavy atom. The topological polar surface area (TPSA) is 31.2 Å². The first kappa shape index (κ1) is 11.0. The Morgan fingerprint density at radius 3 is 2.81 bits per heavy atom. The summed E-state index contributed by atoms with van der Waals surface area (Å²) in [5.74, 6) is 0.899. The fourth-order valence-electron chi connectivity index (χ4n) is 1.76. The molecule has 84 valence electrons. The van der Waals surface area contributed by atoms with Gasteiger partial charge in [0.15, 0.2) is 5.43 Å². The van der Waals surface area contributed by atoms with Crippen molar-refractivity contribution in [3.8, 4) is 5.75 Å². The summed E-state index contributed by atoms with van der Waals surface area (Å²) in [7, 11) is 3.47. The summed E-state index contributed by atoms with van der Waals surface area (Å²) in [5, 5.41) is 0.639. The molecule has 0 saturated heterocycles. The molecule has 0 fully saturated rings. The van der Waals surface area contributed by atoms with E-state index in [2.05, 4.69) is 0 Å². The number of hydrogen-bond acceptors (Lipinski definition) is 2. The van der Waals surface area contributed by atoms with Crippen LogP contribution in [0, 0.1) is 0 Å². The number of ether oxygens (including phenoxy) is 1. The monoisotopic (exact) mass is 237 g/mol. The highest BCUT2D eigenvalue weighted by Gasteiger charge is 2.07.